The van der Waals surface area contributed by atoms with E-state index in [0.717, 1.165) is 6.42 Å². The zero-order valence-electron chi connectivity index (χ0n) is 7.75. The van der Waals surface area contributed by atoms with Crippen LogP contribution in [-0.2, 0) is 9.53 Å². The fourth-order valence-electron chi connectivity index (χ4n) is 1.29. The number of hydrogen-bond donors (Lipinski definition) is 1. The van der Waals surface area contributed by atoms with Crippen molar-refractivity contribution < 1.29 is 9.53 Å². The van der Waals surface area contributed by atoms with Gasteiger partial charge in [-0.3, -0.25) is 4.79 Å². The predicted octanol–water partition coefficient (Wildman–Crippen LogP) is 0.441. The topological polar surface area (TPSA) is 62.1 Å². The number of nitrogens with zero attached hydrogens (tertiary/aromatic N) is 1. The normalized spacial score (nSPS) is 23.5. The quantitative estimate of drug-likeness (QED) is 0.689. The summed E-state index contributed by atoms with van der Waals surface area (Å²) in [6.07, 6.45) is 1.16. The van der Waals surface area contributed by atoms with E-state index in [-0.39, 0.29) is 17.9 Å². The molecular weight excluding hydrogens is 168 g/mol. The van der Waals surface area contributed by atoms with Gasteiger partial charge in [0.2, 0.25) is 5.91 Å². The van der Waals surface area contributed by atoms with Crippen LogP contribution in [0.2, 0.25) is 0 Å². The summed E-state index contributed by atoms with van der Waals surface area (Å²) < 4.78 is 5.09. The van der Waals surface area contributed by atoms with Crippen LogP contribution in [0.15, 0.2) is 0 Å². The van der Waals surface area contributed by atoms with E-state index >= 15 is 0 Å². The monoisotopic (exact) mass is 182 g/mol. The summed E-state index contributed by atoms with van der Waals surface area (Å²) in [5, 5.41) is 11.2. The van der Waals surface area contributed by atoms with E-state index in [0.29, 0.717) is 19.6 Å². The second-order valence-electron chi connectivity index (χ2n) is 3.33. The van der Waals surface area contributed by atoms with Gasteiger partial charge in [0.05, 0.1) is 25.0 Å². The Bertz CT molecular complexity index is 216. The molecule has 1 fully saturated rings. The number of amides is 1. The van der Waals surface area contributed by atoms with Gasteiger partial charge in [0.25, 0.3) is 0 Å². The summed E-state index contributed by atoms with van der Waals surface area (Å²) in [5.41, 5.74) is 0. The Labute approximate surface area is 77.9 Å². The van der Waals surface area contributed by atoms with Crippen LogP contribution in [0.1, 0.15) is 19.8 Å². The molecule has 0 saturated carbocycles. The molecule has 0 aliphatic carbocycles. The molecule has 0 spiro atoms. The third kappa shape index (κ3) is 3.03. The van der Waals surface area contributed by atoms with Crippen molar-refractivity contribution in [2.45, 2.75) is 25.8 Å². The molecule has 72 valence electrons. The van der Waals surface area contributed by atoms with Gasteiger partial charge in [-0.1, -0.05) is 0 Å². The predicted molar refractivity (Wildman–Crippen MR) is 46.8 cm³/mol. The smallest absolute Gasteiger partial charge is 0.225 e. The Balaban J connectivity index is 2.28. The first-order chi connectivity index (χ1) is 6.24. The second kappa shape index (κ2) is 4.83. The van der Waals surface area contributed by atoms with E-state index in [1.54, 1.807) is 0 Å². The maximum absolute atomic E-state index is 11.4. The molecule has 1 saturated heterocycles. The Morgan fingerprint density at radius 2 is 2.62 bits per heavy atom. The Morgan fingerprint density at radius 1 is 1.85 bits per heavy atom. The molecular formula is C9H14N2O2. The fraction of sp³-hybridized carbons (Fsp3) is 0.778. The fourth-order valence-corrected chi connectivity index (χ4v) is 1.29. The molecule has 0 radical (unpaired) electrons. The van der Waals surface area contributed by atoms with Gasteiger partial charge in [0.1, 0.15) is 0 Å². The average Bonchev–Trinajstić information content (AvgIpc) is 2.55. The summed E-state index contributed by atoms with van der Waals surface area (Å²) in [6.45, 7) is 3.02. The van der Waals surface area contributed by atoms with E-state index in [4.69, 9.17) is 10.00 Å². The van der Waals surface area contributed by atoms with Crippen molar-refractivity contribution in [3.05, 3.63) is 0 Å². The highest BCUT2D eigenvalue weighted by atomic mass is 16.5. The number of carbonyl (C=O) groups excluding carboxylic acids is 1. The van der Waals surface area contributed by atoms with Gasteiger partial charge >= 0.3 is 0 Å². The SMILES string of the molecule is CC(CC#N)NC(=O)C1CCOC1. The summed E-state index contributed by atoms with van der Waals surface area (Å²) in [6, 6.07) is 1.96. The van der Waals surface area contributed by atoms with Gasteiger partial charge in [0, 0.05) is 12.6 Å². The van der Waals surface area contributed by atoms with Crippen LogP contribution in [0.5, 0.6) is 0 Å². The van der Waals surface area contributed by atoms with Crippen LogP contribution < -0.4 is 5.32 Å². The van der Waals surface area contributed by atoms with E-state index in [2.05, 4.69) is 5.32 Å². The molecule has 0 bridgehead atoms. The Kier molecular flexibility index (Phi) is 3.71. The van der Waals surface area contributed by atoms with Crippen LogP contribution >= 0.6 is 0 Å². The first-order valence-corrected chi connectivity index (χ1v) is 4.49. The van der Waals surface area contributed by atoms with Gasteiger partial charge in [-0.25, -0.2) is 0 Å². The van der Waals surface area contributed by atoms with Crippen molar-refractivity contribution in [2.24, 2.45) is 5.92 Å². The van der Waals surface area contributed by atoms with Gasteiger partial charge in [-0.15, -0.1) is 0 Å². The maximum Gasteiger partial charge on any atom is 0.225 e. The highest BCUT2D eigenvalue weighted by Gasteiger charge is 2.24. The highest BCUT2D eigenvalue weighted by molar-refractivity contribution is 5.79. The third-order valence-electron chi connectivity index (χ3n) is 2.09. The number of ether oxygens (including phenoxy) is 1. The minimum Gasteiger partial charge on any atom is -0.381 e. The summed E-state index contributed by atoms with van der Waals surface area (Å²) in [5.74, 6) is 0.00129. The molecule has 0 aromatic rings. The number of nitrogens with one attached hydrogen (secondary N) is 1. The number of nitriles is 1. The van der Waals surface area contributed by atoms with Gasteiger partial charge in [-0.05, 0) is 13.3 Å². The van der Waals surface area contributed by atoms with Crippen LogP contribution in [0, 0.1) is 17.2 Å². The van der Waals surface area contributed by atoms with E-state index in [9.17, 15) is 4.79 Å². The largest absolute Gasteiger partial charge is 0.381 e. The maximum atomic E-state index is 11.4. The summed E-state index contributed by atoms with van der Waals surface area (Å²) in [7, 11) is 0. The molecule has 1 heterocycles. The molecule has 0 aromatic carbocycles. The molecule has 1 aliphatic rings. The standard InChI is InChI=1S/C9H14N2O2/c1-7(2-4-10)11-9(12)8-3-5-13-6-8/h7-8H,2-3,5-6H2,1H3,(H,11,12). The van der Waals surface area contributed by atoms with E-state index < -0.39 is 0 Å². The molecule has 4 nitrogen and oxygen atoms in total. The summed E-state index contributed by atoms with van der Waals surface area (Å²) in [4.78, 5) is 11.4. The zero-order valence-corrected chi connectivity index (χ0v) is 7.75. The van der Waals surface area contributed by atoms with Crippen molar-refractivity contribution in [2.75, 3.05) is 13.2 Å². The minimum atomic E-state index is -0.0573. The van der Waals surface area contributed by atoms with Crippen LogP contribution in [0.3, 0.4) is 0 Å². The molecule has 1 aliphatic heterocycles. The molecule has 2 atom stereocenters. The lowest BCUT2D eigenvalue weighted by Crippen LogP contribution is -2.37. The third-order valence-corrected chi connectivity index (χ3v) is 2.09. The van der Waals surface area contributed by atoms with Gasteiger partial charge in [0.15, 0.2) is 0 Å². The Morgan fingerprint density at radius 3 is 3.15 bits per heavy atom. The number of rotatable bonds is 3. The molecule has 1 N–H and O–H groups in total. The first-order valence-electron chi connectivity index (χ1n) is 4.49. The lowest BCUT2D eigenvalue weighted by atomic mass is 10.1. The molecule has 0 aromatic heterocycles. The van der Waals surface area contributed by atoms with Crippen LogP contribution in [-0.4, -0.2) is 25.2 Å². The van der Waals surface area contributed by atoms with Crippen molar-refractivity contribution in [1.29, 1.82) is 5.26 Å². The lowest BCUT2D eigenvalue weighted by Gasteiger charge is -2.13. The van der Waals surface area contributed by atoms with Gasteiger partial charge < -0.3 is 10.1 Å². The van der Waals surface area contributed by atoms with Gasteiger partial charge in [-0.2, -0.15) is 5.26 Å². The molecule has 4 heteroatoms. The van der Waals surface area contributed by atoms with E-state index in [1.807, 2.05) is 13.0 Å². The van der Waals surface area contributed by atoms with Crippen LogP contribution in [0.25, 0.3) is 0 Å². The average molecular weight is 182 g/mol. The highest BCUT2D eigenvalue weighted by Crippen LogP contribution is 2.12. The number of hydrogen-bond acceptors (Lipinski definition) is 3. The first kappa shape index (κ1) is 10.0. The van der Waals surface area contributed by atoms with Crippen LogP contribution in [0.4, 0.5) is 0 Å². The van der Waals surface area contributed by atoms with Crippen molar-refractivity contribution >= 4 is 5.91 Å². The zero-order chi connectivity index (χ0) is 9.68. The molecule has 13 heavy (non-hydrogen) atoms. The molecule has 1 rings (SSSR count). The minimum absolute atomic E-state index is 0.0128. The summed E-state index contributed by atoms with van der Waals surface area (Å²) >= 11 is 0. The lowest BCUT2D eigenvalue weighted by molar-refractivity contribution is -0.125. The van der Waals surface area contributed by atoms with Crippen molar-refractivity contribution in [3.63, 3.8) is 0 Å². The molecule has 1 amide bonds. The molecule has 2 unspecified atom stereocenters. The number of carbonyl (C=O) groups is 1. The Hall–Kier alpha value is -1.08. The van der Waals surface area contributed by atoms with E-state index in [1.165, 1.54) is 0 Å². The van der Waals surface area contributed by atoms with Crippen molar-refractivity contribution in [3.8, 4) is 6.07 Å². The van der Waals surface area contributed by atoms with Crippen molar-refractivity contribution in [1.82, 2.24) is 5.32 Å². The second-order valence-corrected chi connectivity index (χ2v) is 3.33.